The number of nitrogens with two attached hydrogens (primary N) is 1. The van der Waals surface area contributed by atoms with Crippen molar-refractivity contribution in [2.24, 2.45) is 0 Å². The summed E-state index contributed by atoms with van der Waals surface area (Å²) in [6.45, 7) is 5.92. The minimum Gasteiger partial charge on any atom is -0.496 e. The first-order valence-electron chi connectivity index (χ1n) is 8.17. The highest BCUT2D eigenvalue weighted by molar-refractivity contribution is 6.01. The molecule has 0 spiro atoms. The summed E-state index contributed by atoms with van der Waals surface area (Å²) in [7, 11) is 1.64. The van der Waals surface area contributed by atoms with Crippen LogP contribution in [-0.4, -0.2) is 26.3 Å². The third kappa shape index (κ3) is 1.93. The van der Waals surface area contributed by atoms with Crippen LogP contribution in [0.1, 0.15) is 22.4 Å². The maximum Gasteiger partial charge on any atom is 0.180 e. The van der Waals surface area contributed by atoms with Crippen molar-refractivity contribution in [3.05, 3.63) is 46.9 Å². The molecule has 4 rings (SSSR count). The molecule has 1 aromatic carbocycles. The first-order valence-corrected chi connectivity index (χ1v) is 8.17. The number of nitrogens with zero attached hydrogens (tertiary/aromatic N) is 5. The summed E-state index contributed by atoms with van der Waals surface area (Å²) in [6, 6.07) is 8.08. The first-order chi connectivity index (χ1) is 12.5. The zero-order valence-corrected chi connectivity index (χ0v) is 15.0. The number of nitrogen functional groups attached to an aromatic ring is 1. The van der Waals surface area contributed by atoms with Crippen LogP contribution >= 0.6 is 0 Å². The molecule has 0 radical (unpaired) electrons. The smallest absolute Gasteiger partial charge is 0.180 e. The van der Waals surface area contributed by atoms with Gasteiger partial charge in [0.15, 0.2) is 5.65 Å². The van der Waals surface area contributed by atoms with Crippen molar-refractivity contribution in [2.75, 3.05) is 12.8 Å². The van der Waals surface area contributed by atoms with Gasteiger partial charge in [-0.05, 0) is 38.5 Å². The number of nitriles is 1. The Kier molecular flexibility index (Phi) is 3.37. The maximum absolute atomic E-state index is 9.72. The van der Waals surface area contributed by atoms with Crippen LogP contribution in [0.25, 0.3) is 22.2 Å². The summed E-state index contributed by atoms with van der Waals surface area (Å²) in [4.78, 5) is 4.42. The summed E-state index contributed by atoms with van der Waals surface area (Å²) >= 11 is 0. The highest BCUT2D eigenvalue weighted by atomic mass is 16.5. The zero-order valence-electron chi connectivity index (χ0n) is 15.0. The molecule has 7 nitrogen and oxygen atoms in total. The van der Waals surface area contributed by atoms with Gasteiger partial charge in [-0.2, -0.15) is 10.4 Å². The molecule has 0 unspecified atom stereocenters. The molecular formula is C19H18N6O. The van der Waals surface area contributed by atoms with Crippen LogP contribution in [0.5, 0.6) is 5.75 Å². The van der Waals surface area contributed by atoms with Crippen LogP contribution in [0.4, 0.5) is 5.82 Å². The SMILES string of the molecule is COc1ccc(C)c(-n2c(N)c(C#N)c3cc(C)n4ncnc4c32)c1C. The van der Waals surface area contributed by atoms with Crippen molar-refractivity contribution in [3.8, 4) is 17.5 Å². The number of pyridine rings is 1. The van der Waals surface area contributed by atoms with Gasteiger partial charge < -0.3 is 10.5 Å². The Morgan fingerprint density at radius 1 is 1.23 bits per heavy atom. The molecule has 0 atom stereocenters. The molecule has 7 heteroatoms. The van der Waals surface area contributed by atoms with Gasteiger partial charge in [0.1, 0.15) is 35.0 Å². The summed E-state index contributed by atoms with van der Waals surface area (Å²) in [5, 5.41) is 14.8. The lowest BCUT2D eigenvalue weighted by Gasteiger charge is -2.17. The molecule has 0 saturated heterocycles. The van der Waals surface area contributed by atoms with Crippen molar-refractivity contribution in [1.29, 1.82) is 5.26 Å². The average Bonchev–Trinajstić information content (AvgIpc) is 3.19. The largest absolute Gasteiger partial charge is 0.496 e. The van der Waals surface area contributed by atoms with E-state index in [-0.39, 0.29) is 0 Å². The molecule has 0 aliphatic heterocycles. The topological polar surface area (TPSA) is 94.2 Å². The Bertz CT molecular complexity index is 1220. The van der Waals surface area contributed by atoms with E-state index in [1.807, 2.05) is 43.5 Å². The minimum atomic E-state index is 0.387. The molecule has 0 amide bonds. The average molecular weight is 346 g/mol. The van der Waals surface area contributed by atoms with E-state index in [1.54, 1.807) is 11.6 Å². The standard InChI is InChI=1S/C19H18N6O/c1-10-5-6-15(26-4)12(3)16(10)24-17-13(14(8-20)18(24)21)7-11(2)25-19(17)22-9-23-25/h5-7,9H,21H2,1-4H3. The highest BCUT2D eigenvalue weighted by Gasteiger charge is 2.23. The van der Waals surface area contributed by atoms with Crippen molar-refractivity contribution in [3.63, 3.8) is 0 Å². The van der Waals surface area contributed by atoms with E-state index in [4.69, 9.17) is 10.5 Å². The number of ether oxygens (including phenoxy) is 1. The van der Waals surface area contributed by atoms with Gasteiger partial charge in [-0.3, -0.25) is 4.57 Å². The van der Waals surface area contributed by atoms with E-state index < -0.39 is 0 Å². The quantitative estimate of drug-likeness (QED) is 0.602. The molecule has 4 aromatic rings. The number of hydrogen-bond donors (Lipinski definition) is 1. The van der Waals surface area contributed by atoms with Gasteiger partial charge >= 0.3 is 0 Å². The normalized spacial score (nSPS) is 11.2. The van der Waals surface area contributed by atoms with Gasteiger partial charge in [-0.15, -0.1) is 0 Å². The number of methoxy groups -OCH3 is 1. The molecule has 0 saturated carbocycles. The van der Waals surface area contributed by atoms with Crippen LogP contribution in [0.15, 0.2) is 24.5 Å². The molecule has 0 aliphatic carbocycles. The van der Waals surface area contributed by atoms with Crippen LogP contribution in [0, 0.1) is 32.1 Å². The molecule has 3 heterocycles. The van der Waals surface area contributed by atoms with Crippen molar-refractivity contribution in [1.82, 2.24) is 19.2 Å². The van der Waals surface area contributed by atoms with E-state index in [0.717, 1.165) is 39.2 Å². The Balaban J connectivity index is 2.28. The lowest BCUT2D eigenvalue weighted by atomic mass is 10.1. The number of aromatic nitrogens is 4. The summed E-state index contributed by atoms with van der Waals surface area (Å²) < 4.78 is 9.13. The second-order valence-corrected chi connectivity index (χ2v) is 6.31. The van der Waals surface area contributed by atoms with E-state index >= 15 is 0 Å². The van der Waals surface area contributed by atoms with Crippen LogP contribution in [0.3, 0.4) is 0 Å². The Morgan fingerprint density at radius 2 is 2.00 bits per heavy atom. The van der Waals surface area contributed by atoms with Crippen molar-refractivity contribution < 1.29 is 4.74 Å². The number of hydrogen-bond acceptors (Lipinski definition) is 5. The maximum atomic E-state index is 9.72. The van der Waals surface area contributed by atoms with E-state index in [0.29, 0.717) is 17.0 Å². The fraction of sp³-hybridized carbons (Fsp3) is 0.211. The van der Waals surface area contributed by atoms with Crippen LogP contribution < -0.4 is 10.5 Å². The van der Waals surface area contributed by atoms with Gasteiger partial charge in [0.2, 0.25) is 0 Å². The molecule has 0 bridgehead atoms. The molecule has 26 heavy (non-hydrogen) atoms. The number of anilines is 1. The van der Waals surface area contributed by atoms with Gasteiger partial charge in [-0.1, -0.05) is 6.07 Å². The Hall–Kier alpha value is -3.53. The fourth-order valence-corrected chi connectivity index (χ4v) is 3.63. The lowest BCUT2D eigenvalue weighted by Crippen LogP contribution is -2.07. The number of rotatable bonds is 2. The van der Waals surface area contributed by atoms with Gasteiger partial charge in [-0.25, -0.2) is 9.50 Å². The van der Waals surface area contributed by atoms with Gasteiger partial charge in [0.25, 0.3) is 0 Å². The van der Waals surface area contributed by atoms with Gasteiger partial charge in [0.05, 0.1) is 12.8 Å². The summed E-state index contributed by atoms with van der Waals surface area (Å²) in [6.07, 6.45) is 1.51. The van der Waals surface area contributed by atoms with Crippen molar-refractivity contribution in [2.45, 2.75) is 20.8 Å². The van der Waals surface area contributed by atoms with Crippen LogP contribution in [0.2, 0.25) is 0 Å². The number of fused-ring (bicyclic) bond motifs is 3. The van der Waals surface area contributed by atoms with Gasteiger partial charge in [0, 0.05) is 16.6 Å². The number of benzene rings is 1. The van der Waals surface area contributed by atoms with Crippen molar-refractivity contribution >= 4 is 22.4 Å². The molecule has 0 aliphatic rings. The predicted molar refractivity (Wildman–Crippen MR) is 99.7 cm³/mol. The van der Waals surface area contributed by atoms with E-state index in [2.05, 4.69) is 16.2 Å². The zero-order chi connectivity index (χ0) is 18.6. The third-order valence-electron chi connectivity index (χ3n) is 4.83. The second kappa shape index (κ2) is 5.49. The summed E-state index contributed by atoms with van der Waals surface area (Å²) in [5.74, 6) is 1.15. The molecule has 3 aromatic heterocycles. The Morgan fingerprint density at radius 3 is 2.69 bits per heavy atom. The molecule has 2 N–H and O–H groups in total. The predicted octanol–water partition coefficient (Wildman–Crippen LogP) is 3.06. The second-order valence-electron chi connectivity index (χ2n) is 6.31. The van der Waals surface area contributed by atoms with E-state index in [9.17, 15) is 5.26 Å². The molecule has 130 valence electrons. The monoisotopic (exact) mass is 346 g/mol. The van der Waals surface area contributed by atoms with E-state index in [1.165, 1.54) is 6.33 Å². The summed E-state index contributed by atoms with van der Waals surface area (Å²) in [5.41, 5.74) is 12.1. The molecular weight excluding hydrogens is 328 g/mol. The van der Waals surface area contributed by atoms with Crippen LogP contribution in [-0.2, 0) is 0 Å². The lowest BCUT2D eigenvalue weighted by molar-refractivity contribution is 0.411. The highest BCUT2D eigenvalue weighted by Crippen LogP contribution is 2.37. The minimum absolute atomic E-state index is 0.387. The number of aryl methyl sites for hydroxylation is 2. The Labute approximate surface area is 150 Å². The first kappa shape index (κ1) is 16.0. The fourth-order valence-electron chi connectivity index (χ4n) is 3.63. The molecule has 0 fully saturated rings. The third-order valence-corrected chi connectivity index (χ3v) is 4.83.